The van der Waals surface area contributed by atoms with Crippen LogP contribution in [-0.2, 0) is 5.41 Å². The van der Waals surface area contributed by atoms with Crippen LogP contribution >= 0.6 is 0 Å². The number of nitrogens with one attached hydrogen (secondary N) is 2. The predicted octanol–water partition coefficient (Wildman–Crippen LogP) is 7.02. The van der Waals surface area contributed by atoms with Crippen LogP contribution in [0.3, 0.4) is 0 Å². The van der Waals surface area contributed by atoms with E-state index < -0.39 is 0 Å². The van der Waals surface area contributed by atoms with E-state index in [1.54, 1.807) is 29.2 Å². The highest BCUT2D eigenvalue weighted by Gasteiger charge is 2.22. The van der Waals surface area contributed by atoms with E-state index in [2.05, 4.69) is 41.4 Å². The third kappa shape index (κ3) is 5.71. The van der Waals surface area contributed by atoms with Crippen LogP contribution in [0.5, 0.6) is 11.6 Å². The number of benzene rings is 2. The quantitative estimate of drug-likeness (QED) is 0.234. The van der Waals surface area contributed by atoms with Gasteiger partial charge in [0, 0.05) is 42.0 Å². The number of carbonyl (C=O) groups excluding carboxylic acids is 1. The fourth-order valence-corrected chi connectivity index (χ4v) is 4.17. The van der Waals surface area contributed by atoms with Crippen molar-refractivity contribution in [3.05, 3.63) is 108 Å². The zero-order chi connectivity index (χ0) is 28.3. The lowest BCUT2D eigenvalue weighted by Crippen LogP contribution is -2.15. The monoisotopic (exact) mass is 532 g/mol. The molecule has 0 saturated heterocycles. The molecule has 5 rings (SSSR count). The van der Waals surface area contributed by atoms with Gasteiger partial charge in [0.05, 0.1) is 11.4 Å². The first-order valence-corrected chi connectivity index (χ1v) is 13.1. The first kappa shape index (κ1) is 26.6. The van der Waals surface area contributed by atoms with Crippen molar-refractivity contribution in [2.45, 2.75) is 33.1 Å². The van der Waals surface area contributed by atoms with Crippen LogP contribution in [0, 0.1) is 6.92 Å². The van der Waals surface area contributed by atoms with Crippen molar-refractivity contribution < 1.29 is 9.53 Å². The van der Waals surface area contributed by atoms with Crippen LogP contribution in [-0.4, -0.2) is 32.7 Å². The Kier molecular flexibility index (Phi) is 7.33. The topological polar surface area (TPSA) is 94.0 Å². The summed E-state index contributed by atoms with van der Waals surface area (Å²) < 4.78 is 8.06. The molecule has 0 aliphatic carbocycles. The SMILES string of the molecule is CNc1cc(-c2cccnc2Oc2cc(C(=O)Nc3cc(C(C)(C)C)nn3-c3ccccc3)ccc2C)ccn1. The molecule has 2 aromatic carbocycles. The van der Waals surface area contributed by atoms with Gasteiger partial charge in [-0.1, -0.05) is 45.0 Å². The number of amides is 1. The summed E-state index contributed by atoms with van der Waals surface area (Å²) in [5.41, 5.74) is 4.62. The summed E-state index contributed by atoms with van der Waals surface area (Å²) in [5.74, 6) is 2.05. The molecule has 8 heteroatoms. The van der Waals surface area contributed by atoms with E-state index in [0.717, 1.165) is 33.9 Å². The van der Waals surface area contributed by atoms with E-state index >= 15 is 0 Å². The lowest BCUT2D eigenvalue weighted by Gasteiger charge is -2.14. The lowest BCUT2D eigenvalue weighted by atomic mass is 9.92. The maximum atomic E-state index is 13.5. The molecule has 3 heterocycles. The smallest absolute Gasteiger partial charge is 0.256 e. The fraction of sp³-hybridized carbons (Fsp3) is 0.188. The van der Waals surface area contributed by atoms with Crippen molar-refractivity contribution in [3.63, 3.8) is 0 Å². The van der Waals surface area contributed by atoms with Gasteiger partial charge in [0.15, 0.2) is 0 Å². The van der Waals surface area contributed by atoms with E-state index in [4.69, 9.17) is 9.84 Å². The number of aryl methyl sites for hydroxylation is 1. The van der Waals surface area contributed by atoms with Crippen molar-refractivity contribution >= 4 is 17.5 Å². The highest BCUT2D eigenvalue weighted by molar-refractivity contribution is 6.04. The van der Waals surface area contributed by atoms with Gasteiger partial charge in [0.1, 0.15) is 17.4 Å². The number of aromatic nitrogens is 4. The molecule has 3 aromatic heterocycles. The van der Waals surface area contributed by atoms with Crippen molar-refractivity contribution in [1.82, 2.24) is 19.7 Å². The summed E-state index contributed by atoms with van der Waals surface area (Å²) in [6.45, 7) is 8.22. The van der Waals surface area contributed by atoms with Crippen molar-refractivity contribution in [2.75, 3.05) is 17.7 Å². The van der Waals surface area contributed by atoms with Gasteiger partial charge < -0.3 is 15.4 Å². The molecule has 1 amide bonds. The molecular weight excluding hydrogens is 500 g/mol. The molecule has 0 atom stereocenters. The minimum atomic E-state index is -0.267. The van der Waals surface area contributed by atoms with Gasteiger partial charge in [-0.25, -0.2) is 14.6 Å². The third-order valence-corrected chi connectivity index (χ3v) is 6.48. The molecule has 0 spiro atoms. The zero-order valence-electron chi connectivity index (χ0n) is 23.3. The van der Waals surface area contributed by atoms with Crippen LogP contribution in [0.2, 0.25) is 0 Å². The van der Waals surface area contributed by atoms with Gasteiger partial charge in [-0.15, -0.1) is 0 Å². The normalized spacial score (nSPS) is 11.2. The first-order chi connectivity index (χ1) is 19.2. The number of carbonyl (C=O) groups is 1. The van der Waals surface area contributed by atoms with Gasteiger partial charge in [-0.2, -0.15) is 5.10 Å². The number of rotatable bonds is 7. The maximum absolute atomic E-state index is 13.5. The Morgan fingerprint density at radius 1 is 0.900 bits per heavy atom. The second kappa shape index (κ2) is 11.0. The van der Waals surface area contributed by atoms with E-state index in [1.165, 1.54) is 0 Å². The van der Waals surface area contributed by atoms with Crippen LogP contribution in [0.4, 0.5) is 11.6 Å². The Morgan fingerprint density at radius 3 is 2.45 bits per heavy atom. The molecule has 0 unspecified atom stereocenters. The summed E-state index contributed by atoms with van der Waals surface area (Å²) in [6, 6.07) is 24.7. The van der Waals surface area contributed by atoms with Crippen molar-refractivity contribution in [2.24, 2.45) is 0 Å². The van der Waals surface area contributed by atoms with Crippen LogP contribution in [0.25, 0.3) is 16.8 Å². The summed E-state index contributed by atoms with van der Waals surface area (Å²) in [7, 11) is 1.82. The largest absolute Gasteiger partial charge is 0.438 e. The molecule has 0 aliphatic heterocycles. The second-order valence-electron chi connectivity index (χ2n) is 10.5. The van der Waals surface area contributed by atoms with E-state index in [0.29, 0.717) is 23.0 Å². The standard InChI is InChI=1S/C32H32N6O2/c1-21-13-14-23(18-26(21)40-31-25(12-9-16-35-31)22-15-17-34-28(19-22)33-5)30(39)36-29-20-27(32(2,3)4)37-38(29)24-10-7-6-8-11-24/h6-20H,1-5H3,(H,33,34)(H,36,39). The number of nitrogens with zero attached hydrogens (tertiary/aromatic N) is 4. The van der Waals surface area contributed by atoms with Crippen LogP contribution < -0.4 is 15.4 Å². The number of ether oxygens (including phenoxy) is 1. The number of anilines is 2. The molecule has 5 aromatic rings. The number of para-hydroxylation sites is 1. The van der Waals surface area contributed by atoms with Gasteiger partial charge in [0.2, 0.25) is 5.88 Å². The lowest BCUT2D eigenvalue weighted by molar-refractivity contribution is 0.102. The average Bonchev–Trinajstić information content (AvgIpc) is 3.39. The van der Waals surface area contributed by atoms with Gasteiger partial charge in [-0.3, -0.25) is 4.79 Å². The second-order valence-corrected chi connectivity index (χ2v) is 10.5. The van der Waals surface area contributed by atoms with E-state index in [9.17, 15) is 4.79 Å². The highest BCUT2D eigenvalue weighted by Crippen LogP contribution is 2.34. The van der Waals surface area contributed by atoms with Gasteiger partial charge in [-0.05, 0) is 66.6 Å². The zero-order valence-corrected chi connectivity index (χ0v) is 23.3. The summed E-state index contributed by atoms with van der Waals surface area (Å²) in [6.07, 6.45) is 3.42. The molecule has 8 nitrogen and oxygen atoms in total. The van der Waals surface area contributed by atoms with Crippen molar-refractivity contribution in [1.29, 1.82) is 0 Å². The Balaban J connectivity index is 1.45. The Hall–Kier alpha value is -4.98. The molecule has 0 radical (unpaired) electrons. The van der Waals surface area contributed by atoms with Crippen LogP contribution in [0.15, 0.2) is 91.3 Å². The van der Waals surface area contributed by atoms with E-state index in [-0.39, 0.29) is 11.3 Å². The Labute approximate surface area is 234 Å². The molecule has 0 bridgehead atoms. The first-order valence-electron chi connectivity index (χ1n) is 13.1. The average molecular weight is 533 g/mol. The summed E-state index contributed by atoms with van der Waals surface area (Å²) in [4.78, 5) is 22.3. The third-order valence-electron chi connectivity index (χ3n) is 6.48. The number of hydrogen-bond acceptors (Lipinski definition) is 6. The molecular formula is C32H32N6O2. The molecule has 40 heavy (non-hydrogen) atoms. The number of hydrogen-bond donors (Lipinski definition) is 2. The maximum Gasteiger partial charge on any atom is 0.256 e. The fourth-order valence-electron chi connectivity index (χ4n) is 4.17. The highest BCUT2D eigenvalue weighted by atomic mass is 16.5. The van der Waals surface area contributed by atoms with Gasteiger partial charge >= 0.3 is 0 Å². The minimum absolute atomic E-state index is 0.187. The molecule has 0 fully saturated rings. The predicted molar refractivity (Wildman–Crippen MR) is 158 cm³/mol. The summed E-state index contributed by atoms with van der Waals surface area (Å²) >= 11 is 0. The molecule has 0 aliphatic rings. The minimum Gasteiger partial charge on any atom is -0.438 e. The molecule has 2 N–H and O–H groups in total. The van der Waals surface area contributed by atoms with Gasteiger partial charge in [0.25, 0.3) is 5.91 Å². The molecule has 202 valence electrons. The van der Waals surface area contributed by atoms with E-state index in [1.807, 2.05) is 80.7 Å². The Morgan fingerprint density at radius 2 is 1.70 bits per heavy atom. The number of pyridine rings is 2. The molecule has 0 saturated carbocycles. The van der Waals surface area contributed by atoms with Crippen molar-refractivity contribution in [3.8, 4) is 28.4 Å². The summed E-state index contributed by atoms with van der Waals surface area (Å²) in [5, 5.41) is 10.9. The Bertz CT molecular complexity index is 1650. The van der Waals surface area contributed by atoms with Crippen LogP contribution in [0.1, 0.15) is 42.4 Å².